The molecule has 0 spiro atoms. The summed E-state index contributed by atoms with van der Waals surface area (Å²) >= 11 is 9.37. The molecule has 3 nitrogen and oxygen atoms in total. The van der Waals surface area contributed by atoms with Gasteiger partial charge in [0.25, 0.3) is 10.0 Å². The monoisotopic (exact) mass is 437 g/mol. The van der Waals surface area contributed by atoms with Gasteiger partial charge in [-0.15, -0.1) is 4.15 Å². The molecule has 0 aliphatic heterocycles. The summed E-state index contributed by atoms with van der Waals surface area (Å²) in [6.45, 7) is 1.89. The quantitative estimate of drug-likeness (QED) is 0.620. The summed E-state index contributed by atoms with van der Waals surface area (Å²) in [5, 5.41) is 0. The van der Waals surface area contributed by atoms with Crippen LogP contribution in [-0.2, 0) is 10.0 Å². The number of benzene rings is 1. The second-order valence-electron chi connectivity index (χ2n) is 2.79. The maximum Gasteiger partial charge on any atom is 0.283 e. The maximum absolute atomic E-state index is 11.7. The van der Waals surface area contributed by atoms with E-state index >= 15 is 0 Å². The summed E-state index contributed by atoms with van der Waals surface area (Å²) in [4.78, 5) is 0.191. The minimum atomic E-state index is -3.60. The first-order chi connectivity index (χ1) is 6.71. The van der Waals surface area contributed by atoms with Gasteiger partial charge in [0.2, 0.25) is 0 Å². The fraction of sp³-hybridized carbons (Fsp3) is 0.143. The van der Waals surface area contributed by atoms with Gasteiger partial charge in [0.1, 0.15) is 0 Å². The normalized spacial score (nSPS) is 12.5. The minimum absolute atomic E-state index is 0.191. The molecule has 0 N–H and O–H groups in total. The number of aryl methyl sites for hydroxylation is 1. The van der Waals surface area contributed by atoms with Crippen LogP contribution in [0.2, 0.25) is 0 Å². The van der Waals surface area contributed by atoms with E-state index in [0.29, 0.717) is 0 Å². The van der Waals surface area contributed by atoms with E-state index in [9.17, 15) is 8.42 Å². The molecule has 0 saturated heterocycles. The molecule has 84 valence electrons. The van der Waals surface area contributed by atoms with Crippen molar-refractivity contribution >= 4 is 59.7 Å². The van der Waals surface area contributed by atoms with Crippen molar-refractivity contribution in [3.8, 4) is 0 Å². The highest BCUT2D eigenvalue weighted by Crippen LogP contribution is 2.72. The molecule has 0 aromatic heterocycles. The van der Waals surface area contributed by atoms with Crippen LogP contribution in [0.3, 0.4) is 0 Å². The molecule has 0 unspecified atom stereocenters. The Balaban J connectivity index is 3.25. The molecule has 0 fully saturated rings. The molecule has 0 aliphatic carbocycles. The molecule has 1 rings (SSSR count). The van der Waals surface area contributed by atoms with Crippen LogP contribution in [-0.4, -0.2) is 8.42 Å². The third-order valence-corrected chi connectivity index (χ3v) is 7.48. The minimum Gasteiger partial charge on any atom is -0.199 e. The lowest BCUT2D eigenvalue weighted by molar-refractivity contribution is 0.598. The molecule has 1 aromatic carbocycles. The Morgan fingerprint density at radius 3 is 2.00 bits per heavy atom. The summed E-state index contributed by atoms with van der Waals surface area (Å²) in [6, 6.07) is 6.55. The van der Waals surface area contributed by atoms with Crippen molar-refractivity contribution in [2.45, 2.75) is 11.8 Å². The van der Waals surface area contributed by atoms with Gasteiger partial charge < -0.3 is 0 Å². The van der Waals surface area contributed by atoms with Crippen LogP contribution in [0.1, 0.15) is 5.56 Å². The molecule has 8 heteroatoms. The Hall–Kier alpha value is 0.840. The summed E-state index contributed by atoms with van der Waals surface area (Å²) < 4.78 is 24.9. The fourth-order valence-corrected chi connectivity index (χ4v) is 7.31. The van der Waals surface area contributed by atoms with Gasteiger partial charge in [-0.2, -0.15) is 8.42 Å². The zero-order chi connectivity index (χ0) is 11.7. The maximum atomic E-state index is 11.7. The van der Waals surface area contributed by atoms with Crippen LogP contribution < -0.4 is 0 Å². The van der Waals surface area contributed by atoms with E-state index in [1.54, 1.807) is 12.1 Å². The van der Waals surface area contributed by atoms with E-state index in [1.807, 2.05) is 6.92 Å². The molecule has 0 amide bonds. The molecular weight excluding hydrogens is 433 g/mol. The van der Waals surface area contributed by atoms with E-state index in [1.165, 1.54) is 12.1 Å². The Bertz CT molecular complexity index is 497. The average molecular weight is 440 g/mol. The summed E-state index contributed by atoms with van der Waals surface area (Å²) in [5.74, 6) is 0. The van der Waals surface area contributed by atoms with E-state index in [4.69, 9.17) is 0 Å². The number of rotatable bonds is 2. The molecule has 0 bridgehead atoms. The Morgan fingerprint density at radius 2 is 1.60 bits per heavy atom. The van der Waals surface area contributed by atoms with Gasteiger partial charge >= 0.3 is 0 Å². The Labute approximate surface area is 113 Å². The third-order valence-electron chi connectivity index (χ3n) is 1.52. The largest absolute Gasteiger partial charge is 0.283 e. The van der Waals surface area contributed by atoms with Crippen LogP contribution in [0.4, 0.5) is 0 Å². The standard InChI is InChI=1S/C7H7Br3NO2PS/c1-6-2-4-7(5-3-6)15(12,13)11-14(8,9)10/h2-5H,1H3. The van der Waals surface area contributed by atoms with E-state index in [0.717, 1.165) is 5.56 Å². The SMILES string of the molecule is Cc1ccc(S(=O)(=O)N=P(Br)(Br)Br)cc1. The third kappa shape index (κ3) is 4.69. The van der Waals surface area contributed by atoms with Crippen LogP contribution in [0.15, 0.2) is 33.3 Å². The molecular formula is C7H7Br3NO2PS. The molecule has 0 saturated carbocycles. The smallest absolute Gasteiger partial charge is 0.199 e. The first kappa shape index (κ1) is 13.9. The van der Waals surface area contributed by atoms with Gasteiger partial charge in [0.15, 0.2) is 3.16 Å². The lowest BCUT2D eigenvalue weighted by Crippen LogP contribution is -1.94. The number of nitrogens with zero attached hydrogens (tertiary/aromatic N) is 1. The van der Waals surface area contributed by atoms with Crippen molar-refractivity contribution in [1.29, 1.82) is 0 Å². The lowest BCUT2D eigenvalue weighted by atomic mass is 10.2. The van der Waals surface area contributed by atoms with Gasteiger partial charge in [0, 0.05) is 0 Å². The first-order valence-electron chi connectivity index (χ1n) is 3.75. The fourth-order valence-electron chi connectivity index (χ4n) is 0.879. The zero-order valence-corrected chi connectivity index (χ0v) is 14.0. The summed E-state index contributed by atoms with van der Waals surface area (Å²) in [6.07, 6.45) is 0. The summed E-state index contributed by atoms with van der Waals surface area (Å²) in [7, 11) is -3.60. The summed E-state index contributed by atoms with van der Waals surface area (Å²) in [5.41, 5.74) is 1.01. The Morgan fingerprint density at radius 1 is 1.13 bits per heavy atom. The highest BCUT2D eigenvalue weighted by Gasteiger charge is 2.16. The van der Waals surface area contributed by atoms with Crippen molar-refractivity contribution in [3.05, 3.63) is 29.8 Å². The number of hydrogen-bond acceptors (Lipinski definition) is 2. The van der Waals surface area contributed by atoms with Gasteiger partial charge in [0.05, 0.1) is 4.90 Å². The Kier molecular flexibility index (Phi) is 4.64. The number of sulfonamides is 1. The van der Waals surface area contributed by atoms with E-state index in [2.05, 4.69) is 50.6 Å². The van der Waals surface area contributed by atoms with Crippen LogP contribution in [0, 0.1) is 6.92 Å². The van der Waals surface area contributed by atoms with E-state index < -0.39 is 13.2 Å². The lowest BCUT2D eigenvalue weighted by Gasteiger charge is -2.02. The zero-order valence-electron chi connectivity index (χ0n) is 7.56. The van der Waals surface area contributed by atoms with E-state index in [-0.39, 0.29) is 4.90 Å². The number of halogens is 3. The van der Waals surface area contributed by atoms with Crippen molar-refractivity contribution in [2.75, 3.05) is 0 Å². The van der Waals surface area contributed by atoms with Crippen molar-refractivity contribution in [3.63, 3.8) is 0 Å². The highest BCUT2D eigenvalue weighted by atomic mass is 80.0. The predicted molar refractivity (Wildman–Crippen MR) is 74.5 cm³/mol. The molecule has 0 heterocycles. The molecule has 15 heavy (non-hydrogen) atoms. The van der Waals surface area contributed by atoms with Gasteiger partial charge in [-0.1, -0.05) is 17.7 Å². The topological polar surface area (TPSA) is 46.5 Å². The van der Waals surface area contributed by atoms with Crippen LogP contribution in [0.25, 0.3) is 0 Å². The molecule has 0 atom stereocenters. The van der Waals surface area contributed by atoms with Gasteiger partial charge in [-0.25, -0.2) is 0 Å². The molecule has 1 aromatic rings. The molecule has 0 radical (unpaired) electrons. The first-order valence-corrected chi connectivity index (χ1v) is 13.0. The van der Waals surface area contributed by atoms with Gasteiger partial charge in [-0.05, 0) is 65.5 Å². The second kappa shape index (κ2) is 5.00. The molecule has 0 aliphatic rings. The second-order valence-corrected chi connectivity index (χ2v) is 23.5. The highest BCUT2D eigenvalue weighted by molar-refractivity contribution is 9.94. The number of hydrogen-bond donors (Lipinski definition) is 0. The van der Waals surface area contributed by atoms with Crippen molar-refractivity contribution in [2.24, 2.45) is 4.15 Å². The van der Waals surface area contributed by atoms with Crippen LogP contribution >= 0.6 is 49.6 Å². The van der Waals surface area contributed by atoms with Crippen molar-refractivity contribution < 1.29 is 8.42 Å². The van der Waals surface area contributed by atoms with Crippen LogP contribution in [0.5, 0.6) is 0 Å². The average Bonchev–Trinajstić information content (AvgIpc) is 2.00. The van der Waals surface area contributed by atoms with Gasteiger partial charge in [-0.3, -0.25) is 0 Å². The predicted octanol–water partition coefficient (Wildman–Crippen LogP) is 4.81. The van der Waals surface area contributed by atoms with Crippen molar-refractivity contribution in [1.82, 2.24) is 0 Å².